The van der Waals surface area contributed by atoms with E-state index in [1.165, 1.54) is 6.54 Å². The van der Waals surface area contributed by atoms with Gasteiger partial charge in [0.05, 0.1) is 5.37 Å². The molecule has 1 saturated heterocycles. The molecule has 0 bridgehead atoms. The first-order valence-corrected chi connectivity index (χ1v) is 6.58. The number of rotatable bonds is 1. The van der Waals surface area contributed by atoms with Crippen LogP contribution in [0.5, 0.6) is 0 Å². The van der Waals surface area contributed by atoms with Crippen LogP contribution in [-0.2, 0) is 0 Å². The summed E-state index contributed by atoms with van der Waals surface area (Å²) >= 11 is 6.96. The van der Waals surface area contributed by atoms with E-state index < -0.39 is 0 Å². The zero-order valence-electron chi connectivity index (χ0n) is 5.10. The average Bonchev–Trinajstić information content (AvgIpc) is 2.15. The van der Waals surface area contributed by atoms with E-state index in [9.17, 15) is 0 Å². The first kappa shape index (κ1) is 8.86. The van der Waals surface area contributed by atoms with Crippen molar-refractivity contribution in [3.05, 3.63) is 0 Å². The van der Waals surface area contributed by atoms with Gasteiger partial charge in [0.2, 0.25) is 0 Å². The van der Waals surface area contributed by atoms with Gasteiger partial charge in [0.15, 0.2) is 0 Å². The van der Waals surface area contributed by atoms with E-state index in [0.717, 1.165) is 7.85 Å². The maximum Gasteiger partial charge on any atom is 0.0659 e. The van der Waals surface area contributed by atoms with Crippen molar-refractivity contribution in [2.24, 2.45) is 0 Å². The molecule has 1 fully saturated rings. The van der Waals surface area contributed by atoms with Gasteiger partial charge in [0.25, 0.3) is 0 Å². The van der Waals surface area contributed by atoms with Crippen molar-refractivity contribution in [1.29, 1.82) is 0 Å². The van der Waals surface area contributed by atoms with E-state index in [4.69, 9.17) is 0 Å². The summed E-state index contributed by atoms with van der Waals surface area (Å²) in [6.45, 7) is 1.18. The molecule has 0 saturated carbocycles. The second-order valence-corrected chi connectivity index (χ2v) is 6.04. The van der Waals surface area contributed by atoms with Gasteiger partial charge in [-0.05, 0) is 6.26 Å². The summed E-state index contributed by atoms with van der Waals surface area (Å²) in [5, 5.41) is 4.14. The summed E-state index contributed by atoms with van der Waals surface area (Å²) in [4.78, 5) is 0. The number of alkyl halides is 2. The fraction of sp³-hybridized carbons (Fsp3) is 1.00. The van der Waals surface area contributed by atoms with Crippen LogP contribution >= 0.6 is 56.9 Å². The normalized spacial score (nSPS) is 43.7. The minimum absolute atomic E-state index is 0.687. The van der Waals surface area contributed by atoms with Crippen molar-refractivity contribution in [1.82, 2.24) is 5.32 Å². The van der Waals surface area contributed by atoms with Gasteiger partial charge in [0.1, 0.15) is 0 Å². The van der Waals surface area contributed by atoms with E-state index >= 15 is 0 Å². The molecule has 0 spiro atoms. The van der Waals surface area contributed by atoms with Crippen molar-refractivity contribution in [2.45, 2.75) is 13.2 Å². The highest BCUT2D eigenvalue weighted by molar-refractivity contribution is 14.1. The third-order valence-corrected chi connectivity index (χ3v) is 7.04. The molecular formula is C5H9I2NS. The zero-order valence-corrected chi connectivity index (χ0v) is 10.2. The van der Waals surface area contributed by atoms with Gasteiger partial charge in [-0.3, -0.25) is 0 Å². The van der Waals surface area contributed by atoms with Gasteiger partial charge < -0.3 is 5.32 Å². The van der Waals surface area contributed by atoms with Crippen molar-refractivity contribution in [3.63, 3.8) is 0 Å². The number of thioether (sulfide) groups is 1. The van der Waals surface area contributed by atoms with Crippen LogP contribution < -0.4 is 5.32 Å². The molecule has 0 amide bonds. The molecule has 3 atom stereocenters. The highest BCUT2D eigenvalue weighted by Gasteiger charge is 2.30. The molecule has 1 N–H and O–H groups in total. The Morgan fingerprint density at radius 3 is 2.44 bits per heavy atom. The van der Waals surface area contributed by atoms with E-state index in [2.05, 4.69) is 56.8 Å². The SMILES string of the molecule is CSC1NCC(I)C1I. The standard InChI is InChI=1S/C5H9I2NS/c1-9-5-4(7)3(6)2-8-5/h3-5,8H,2H2,1H3. The Morgan fingerprint density at radius 2 is 2.22 bits per heavy atom. The summed E-state index contributed by atoms with van der Waals surface area (Å²) in [7, 11) is 0. The first-order chi connectivity index (χ1) is 4.25. The molecule has 0 aromatic carbocycles. The third-order valence-electron chi connectivity index (χ3n) is 1.40. The molecule has 1 rings (SSSR count). The van der Waals surface area contributed by atoms with Crippen LogP contribution in [0.15, 0.2) is 0 Å². The van der Waals surface area contributed by atoms with Crippen LogP contribution in [-0.4, -0.2) is 26.0 Å². The van der Waals surface area contributed by atoms with Gasteiger partial charge >= 0.3 is 0 Å². The van der Waals surface area contributed by atoms with E-state index in [-0.39, 0.29) is 0 Å². The van der Waals surface area contributed by atoms with Gasteiger partial charge in [-0.25, -0.2) is 0 Å². The number of nitrogens with one attached hydrogen (secondary N) is 1. The highest BCUT2D eigenvalue weighted by atomic mass is 127. The Morgan fingerprint density at radius 1 is 1.56 bits per heavy atom. The number of hydrogen-bond acceptors (Lipinski definition) is 2. The quantitative estimate of drug-likeness (QED) is 0.560. The summed E-state index contributed by atoms with van der Waals surface area (Å²) in [6, 6.07) is 0. The fourth-order valence-corrected chi connectivity index (χ4v) is 3.91. The Kier molecular flexibility index (Phi) is 3.90. The summed E-state index contributed by atoms with van der Waals surface area (Å²) in [6.07, 6.45) is 2.16. The summed E-state index contributed by atoms with van der Waals surface area (Å²) in [5.74, 6) is 0. The zero-order chi connectivity index (χ0) is 6.85. The van der Waals surface area contributed by atoms with Crippen LogP contribution in [0, 0.1) is 0 Å². The Balaban J connectivity index is 2.41. The smallest absolute Gasteiger partial charge is 0.0659 e. The topological polar surface area (TPSA) is 12.0 Å². The molecule has 1 nitrogen and oxygen atoms in total. The molecule has 0 aromatic rings. The monoisotopic (exact) mass is 369 g/mol. The van der Waals surface area contributed by atoms with Crippen LogP contribution in [0.3, 0.4) is 0 Å². The van der Waals surface area contributed by atoms with Crippen molar-refractivity contribution in [2.75, 3.05) is 12.8 Å². The van der Waals surface area contributed by atoms with Crippen LogP contribution in [0.1, 0.15) is 0 Å². The molecule has 1 aliphatic rings. The Hall–Kier alpha value is 1.77. The van der Waals surface area contributed by atoms with Crippen LogP contribution in [0.2, 0.25) is 0 Å². The van der Waals surface area contributed by atoms with Crippen LogP contribution in [0.4, 0.5) is 0 Å². The predicted molar refractivity (Wildman–Crippen MR) is 60.9 cm³/mol. The first-order valence-electron chi connectivity index (χ1n) is 2.80. The number of hydrogen-bond donors (Lipinski definition) is 1. The van der Waals surface area contributed by atoms with Gasteiger partial charge in [-0.2, -0.15) is 0 Å². The van der Waals surface area contributed by atoms with Gasteiger partial charge in [0, 0.05) is 14.4 Å². The largest absolute Gasteiger partial charge is 0.303 e. The van der Waals surface area contributed by atoms with Crippen molar-refractivity contribution < 1.29 is 0 Å². The van der Waals surface area contributed by atoms with Crippen molar-refractivity contribution >= 4 is 56.9 Å². The minimum Gasteiger partial charge on any atom is -0.303 e. The Bertz CT molecular complexity index is 101. The molecule has 1 aliphatic heterocycles. The molecule has 4 heteroatoms. The lowest BCUT2D eigenvalue weighted by Gasteiger charge is -2.11. The highest BCUT2D eigenvalue weighted by Crippen LogP contribution is 2.28. The third kappa shape index (κ3) is 2.10. The second-order valence-electron chi connectivity index (χ2n) is 2.02. The lowest BCUT2D eigenvalue weighted by Crippen LogP contribution is -2.22. The Labute approximate surface area is 87.4 Å². The fourth-order valence-electron chi connectivity index (χ4n) is 0.857. The second kappa shape index (κ2) is 3.96. The predicted octanol–water partition coefficient (Wildman–Crippen LogP) is 1.89. The molecular weight excluding hydrogens is 360 g/mol. The molecule has 3 unspecified atom stereocenters. The molecule has 9 heavy (non-hydrogen) atoms. The van der Waals surface area contributed by atoms with Gasteiger partial charge in [-0.1, -0.05) is 45.2 Å². The van der Waals surface area contributed by atoms with E-state index in [1.807, 2.05) is 11.8 Å². The lowest BCUT2D eigenvalue weighted by atomic mass is 10.4. The van der Waals surface area contributed by atoms with Crippen molar-refractivity contribution in [3.8, 4) is 0 Å². The molecule has 0 radical (unpaired) electrons. The summed E-state index contributed by atoms with van der Waals surface area (Å²) < 4.78 is 1.62. The van der Waals surface area contributed by atoms with E-state index in [1.54, 1.807) is 0 Å². The summed E-state index contributed by atoms with van der Waals surface area (Å²) in [5.41, 5.74) is 0. The maximum atomic E-state index is 3.45. The minimum atomic E-state index is 0.687. The molecule has 0 aliphatic carbocycles. The number of halogens is 2. The van der Waals surface area contributed by atoms with Gasteiger partial charge in [-0.15, -0.1) is 11.8 Å². The molecule has 0 aromatic heterocycles. The average molecular weight is 369 g/mol. The maximum absolute atomic E-state index is 3.45. The lowest BCUT2D eigenvalue weighted by molar-refractivity contribution is 0.820. The van der Waals surface area contributed by atoms with E-state index in [0.29, 0.717) is 5.37 Å². The van der Waals surface area contributed by atoms with Crippen LogP contribution in [0.25, 0.3) is 0 Å². The molecule has 54 valence electrons. The molecule has 1 heterocycles.